The van der Waals surface area contributed by atoms with E-state index in [9.17, 15) is 9.59 Å². The summed E-state index contributed by atoms with van der Waals surface area (Å²) < 4.78 is 5.81. The van der Waals surface area contributed by atoms with Crippen molar-refractivity contribution in [1.29, 1.82) is 0 Å². The molecule has 2 fully saturated rings. The summed E-state index contributed by atoms with van der Waals surface area (Å²) in [4.78, 5) is 33.6. The van der Waals surface area contributed by atoms with Gasteiger partial charge in [0.2, 0.25) is 5.91 Å². The van der Waals surface area contributed by atoms with Crippen LogP contribution in [0.1, 0.15) is 55.1 Å². The molecule has 0 radical (unpaired) electrons. The van der Waals surface area contributed by atoms with Crippen LogP contribution in [0, 0.1) is 11.8 Å². The third kappa shape index (κ3) is 5.97. The van der Waals surface area contributed by atoms with Crippen molar-refractivity contribution in [2.75, 3.05) is 25.0 Å². The van der Waals surface area contributed by atoms with E-state index in [1.807, 2.05) is 59.5 Å². The lowest BCUT2D eigenvalue weighted by atomic mass is 9.82. The average Bonchev–Trinajstić information content (AvgIpc) is 3.36. The first kappa shape index (κ1) is 25.7. The van der Waals surface area contributed by atoms with E-state index >= 15 is 0 Å². The fourth-order valence-corrected chi connectivity index (χ4v) is 6.58. The zero-order valence-corrected chi connectivity index (χ0v) is 22.6. The van der Waals surface area contributed by atoms with Gasteiger partial charge in [0.05, 0.1) is 5.69 Å². The molecule has 194 valence electrons. The molecule has 1 aliphatic heterocycles. The number of esters is 1. The third-order valence-corrected chi connectivity index (χ3v) is 8.98. The number of carbonyl (C=O) groups excluding carboxylic acids is 2. The van der Waals surface area contributed by atoms with Crippen molar-refractivity contribution in [3.8, 4) is 16.2 Å². The van der Waals surface area contributed by atoms with Crippen molar-refractivity contribution in [3.63, 3.8) is 0 Å². The largest absolute Gasteiger partial charge is 0.422 e. The predicted octanol–water partition coefficient (Wildman–Crippen LogP) is 6.89. The molecule has 0 unspecified atom stereocenters. The molecule has 3 aromatic rings. The Morgan fingerprint density at radius 1 is 0.892 bits per heavy atom. The smallest absolute Gasteiger partial charge is 0.355 e. The minimum atomic E-state index is -0.406. The lowest BCUT2D eigenvalue weighted by molar-refractivity contribution is -0.124. The van der Waals surface area contributed by atoms with Crippen LogP contribution in [0.25, 0.3) is 10.4 Å². The van der Waals surface area contributed by atoms with Crippen LogP contribution in [0.4, 0.5) is 5.69 Å². The Hall–Kier alpha value is -2.96. The van der Waals surface area contributed by atoms with Gasteiger partial charge in [-0.15, -0.1) is 11.3 Å². The Balaban J connectivity index is 1.55. The second-order valence-corrected chi connectivity index (χ2v) is 11.6. The molecule has 0 spiro atoms. The summed E-state index contributed by atoms with van der Waals surface area (Å²) in [6.07, 6.45) is 5.80. The first-order valence-corrected chi connectivity index (χ1v) is 14.3. The van der Waals surface area contributed by atoms with E-state index in [1.165, 1.54) is 11.3 Å². The summed E-state index contributed by atoms with van der Waals surface area (Å²) in [7, 11) is 2.13. The molecule has 37 heavy (non-hydrogen) atoms. The highest BCUT2D eigenvalue weighted by Crippen LogP contribution is 2.41. The van der Waals surface area contributed by atoms with Gasteiger partial charge in [-0.1, -0.05) is 55.5 Å². The SMILES string of the molecule is CC1CCC(C(=O)N(c2cc(-c3ccccc3)sc2C(=O)Oc2ccccc2)C2CCN(C)CC2)CC1. The number of anilines is 1. The van der Waals surface area contributed by atoms with Gasteiger partial charge < -0.3 is 14.5 Å². The highest BCUT2D eigenvalue weighted by atomic mass is 32.1. The van der Waals surface area contributed by atoms with E-state index < -0.39 is 5.97 Å². The van der Waals surface area contributed by atoms with Crippen LogP contribution >= 0.6 is 11.3 Å². The van der Waals surface area contributed by atoms with Gasteiger partial charge in [0.25, 0.3) is 0 Å². The van der Waals surface area contributed by atoms with E-state index in [-0.39, 0.29) is 17.9 Å². The molecule has 2 aliphatic rings. The molecule has 1 saturated heterocycles. The minimum Gasteiger partial charge on any atom is -0.422 e. The molecule has 5 rings (SSSR count). The number of amides is 1. The molecular weight excluding hydrogens is 480 g/mol. The Labute approximate surface area is 224 Å². The Kier molecular flexibility index (Phi) is 8.06. The molecule has 5 nitrogen and oxygen atoms in total. The molecule has 6 heteroatoms. The third-order valence-electron chi connectivity index (χ3n) is 7.83. The first-order valence-electron chi connectivity index (χ1n) is 13.5. The molecule has 1 saturated carbocycles. The maximum Gasteiger partial charge on any atom is 0.355 e. The minimum absolute atomic E-state index is 0.00826. The van der Waals surface area contributed by atoms with Gasteiger partial charge in [-0.2, -0.15) is 0 Å². The lowest BCUT2D eigenvalue weighted by Gasteiger charge is -2.40. The number of thiophene rings is 1. The number of ether oxygens (including phenoxy) is 1. The first-order chi connectivity index (χ1) is 18.0. The van der Waals surface area contributed by atoms with E-state index in [2.05, 4.69) is 18.9 Å². The quantitative estimate of drug-likeness (QED) is 0.264. The van der Waals surface area contributed by atoms with Crippen LogP contribution in [0.5, 0.6) is 5.75 Å². The number of rotatable bonds is 6. The van der Waals surface area contributed by atoms with Crippen LogP contribution in [-0.4, -0.2) is 43.0 Å². The highest BCUT2D eigenvalue weighted by Gasteiger charge is 2.37. The maximum absolute atomic E-state index is 14.2. The normalized spacial score (nSPS) is 20.9. The number of hydrogen-bond acceptors (Lipinski definition) is 5. The number of para-hydroxylation sites is 1. The van der Waals surface area contributed by atoms with Gasteiger partial charge in [0.1, 0.15) is 10.6 Å². The number of likely N-dealkylation sites (tertiary alicyclic amines) is 1. The average molecular weight is 517 g/mol. The number of hydrogen-bond donors (Lipinski definition) is 0. The van der Waals surface area contributed by atoms with Crippen molar-refractivity contribution in [1.82, 2.24) is 4.90 Å². The van der Waals surface area contributed by atoms with Crippen LogP contribution in [0.3, 0.4) is 0 Å². The molecule has 0 N–H and O–H groups in total. The second-order valence-electron chi connectivity index (χ2n) is 10.6. The molecule has 0 bridgehead atoms. The summed E-state index contributed by atoms with van der Waals surface area (Å²) >= 11 is 1.42. The number of nitrogens with zero attached hydrogens (tertiary/aromatic N) is 2. The predicted molar refractivity (Wildman–Crippen MR) is 150 cm³/mol. The Bertz CT molecular complexity index is 1190. The molecular formula is C31H36N2O3S. The molecule has 1 aromatic heterocycles. The number of piperidine rings is 1. The van der Waals surface area contributed by atoms with Crippen molar-refractivity contribution in [2.24, 2.45) is 11.8 Å². The zero-order chi connectivity index (χ0) is 25.8. The van der Waals surface area contributed by atoms with Crippen LogP contribution in [0.2, 0.25) is 0 Å². The number of benzene rings is 2. The molecule has 1 aliphatic carbocycles. The van der Waals surface area contributed by atoms with Gasteiger partial charge in [0, 0.05) is 16.8 Å². The summed E-state index contributed by atoms with van der Waals surface area (Å²) in [5.74, 6) is 0.951. The van der Waals surface area contributed by atoms with E-state index in [0.29, 0.717) is 22.2 Å². The van der Waals surface area contributed by atoms with Crippen LogP contribution in [-0.2, 0) is 4.79 Å². The monoisotopic (exact) mass is 516 g/mol. The highest BCUT2D eigenvalue weighted by molar-refractivity contribution is 7.18. The Morgan fingerprint density at radius 2 is 1.51 bits per heavy atom. The molecule has 1 amide bonds. The van der Waals surface area contributed by atoms with E-state index in [4.69, 9.17) is 4.74 Å². The van der Waals surface area contributed by atoms with Gasteiger partial charge in [-0.05, 0) is 88.3 Å². The van der Waals surface area contributed by atoms with Crippen molar-refractivity contribution in [3.05, 3.63) is 71.6 Å². The summed E-state index contributed by atoms with van der Waals surface area (Å²) in [6.45, 7) is 4.16. The van der Waals surface area contributed by atoms with Crippen LogP contribution < -0.4 is 9.64 Å². The molecule has 2 heterocycles. The van der Waals surface area contributed by atoms with E-state index in [0.717, 1.165) is 62.1 Å². The Morgan fingerprint density at radius 3 is 2.16 bits per heavy atom. The van der Waals surface area contributed by atoms with Crippen molar-refractivity contribution < 1.29 is 14.3 Å². The van der Waals surface area contributed by atoms with Gasteiger partial charge in [0.15, 0.2) is 0 Å². The maximum atomic E-state index is 14.2. The second kappa shape index (κ2) is 11.6. The standard InChI is InChI=1S/C31H36N2O3S/c1-22-13-15-24(16-14-22)30(34)33(25-17-19-32(2)20-18-25)27-21-28(23-9-5-3-6-10-23)37-29(27)31(35)36-26-11-7-4-8-12-26/h3-12,21-22,24-25H,13-20H2,1-2H3. The van der Waals surface area contributed by atoms with Gasteiger partial charge in [-0.3, -0.25) is 4.79 Å². The fraction of sp³-hybridized carbons (Fsp3) is 0.419. The van der Waals surface area contributed by atoms with Gasteiger partial charge >= 0.3 is 5.97 Å². The lowest BCUT2D eigenvalue weighted by Crippen LogP contribution is -2.49. The summed E-state index contributed by atoms with van der Waals surface area (Å²) in [5, 5.41) is 0. The summed E-state index contributed by atoms with van der Waals surface area (Å²) in [6, 6.07) is 21.4. The van der Waals surface area contributed by atoms with Gasteiger partial charge in [-0.25, -0.2) is 4.79 Å². The summed E-state index contributed by atoms with van der Waals surface area (Å²) in [5.41, 5.74) is 1.75. The fourth-order valence-electron chi connectivity index (χ4n) is 5.55. The van der Waals surface area contributed by atoms with Crippen molar-refractivity contribution in [2.45, 2.75) is 51.5 Å². The molecule has 2 aromatic carbocycles. The zero-order valence-electron chi connectivity index (χ0n) is 21.8. The van der Waals surface area contributed by atoms with E-state index in [1.54, 1.807) is 12.1 Å². The van der Waals surface area contributed by atoms with Crippen LogP contribution in [0.15, 0.2) is 66.7 Å². The molecule has 0 atom stereocenters. The topological polar surface area (TPSA) is 49.9 Å². The van der Waals surface area contributed by atoms with Crippen molar-refractivity contribution >= 4 is 28.9 Å². The number of carbonyl (C=O) groups is 2.